The lowest BCUT2D eigenvalue weighted by atomic mass is 10.2. The standard InChI is InChI=1S/C18H23N3O/c1-3-8-18(22)20-17-12-11-16(13-19-17)21(4-2)14-15-9-6-5-7-10-15/h5-7,9-13H,3-4,8,14H2,1-2H3,(H,19,20,22). The van der Waals surface area contributed by atoms with Crippen LogP contribution in [0.3, 0.4) is 0 Å². The topological polar surface area (TPSA) is 45.2 Å². The molecule has 116 valence electrons. The fraction of sp³-hybridized carbons (Fsp3) is 0.333. The van der Waals surface area contributed by atoms with Crippen LogP contribution in [0.1, 0.15) is 32.3 Å². The number of rotatable bonds is 7. The highest BCUT2D eigenvalue weighted by Crippen LogP contribution is 2.18. The van der Waals surface area contributed by atoms with Crippen LogP contribution < -0.4 is 10.2 Å². The summed E-state index contributed by atoms with van der Waals surface area (Å²) in [6, 6.07) is 14.2. The molecule has 0 bridgehead atoms. The zero-order valence-corrected chi connectivity index (χ0v) is 13.2. The van der Waals surface area contributed by atoms with E-state index < -0.39 is 0 Å². The number of benzene rings is 1. The third kappa shape index (κ3) is 4.58. The predicted octanol–water partition coefficient (Wildman–Crippen LogP) is 3.85. The first-order valence-electron chi connectivity index (χ1n) is 7.77. The first kappa shape index (κ1) is 16.0. The zero-order chi connectivity index (χ0) is 15.8. The summed E-state index contributed by atoms with van der Waals surface area (Å²) < 4.78 is 0. The maximum absolute atomic E-state index is 11.6. The lowest BCUT2D eigenvalue weighted by Crippen LogP contribution is -2.22. The van der Waals surface area contributed by atoms with E-state index in [4.69, 9.17) is 0 Å². The van der Waals surface area contributed by atoms with Crippen molar-refractivity contribution in [2.45, 2.75) is 33.2 Å². The van der Waals surface area contributed by atoms with Crippen molar-refractivity contribution in [3.05, 3.63) is 54.2 Å². The summed E-state index contributed by atoms with van der Waals surface area (Å²) in [5.74, 6) is 0.623. The number of nitrogens with one attached hydrogen (secondary N) is 1. The number of aromatic nitrogens is 1. The quantitative estimate of drug-likeness (QED) is 0.844. The highest BCUT2D eigenvalue weighted by Gasteiger charge is 2.07. The molecule has 0 unspecified atom stereocenters. The largest absolute Gasteiger partial charge is 0.366 e. The van der Waals surface area contributed by atoms with Gasteiger partial charge in [-0.2, -0.15) is 0 Å². The molecule has 1 N–H and O–H groups in total. The van der Waals surface area contributed by atoms with Gasteiger partial charge in [0, 0.05) is 19.5 Å². The maximum Gasteiger partial charge on any atom is 0.225 e. The zero-order valence-electron chi connectivity index (χ0n) is 13.2. The van der Waals surface area contributed by atoms with Crippen LogP contribution in [0.15, 0.2) is 48.7 Å². The molecule has 4 nitrogen and oxygen atoms in total. The van der Waals surface area contributed by atoms with Gasteiger partial charge in [-0.05, 0) is 31.0 Å². The lowest BCUT2D eigenvalue weighted by Gasteiger charge is -2.23. The molecular formula is C18H23N3O. The number of nitrogens with zero attached hydrogens (tertiary/aromatic N) is 2. The molecule has 0 aliphatic rings. The average Bonchev–Trinajstić information content (AvgIpc) is 2.55. The van der Waals surface area contributed by atoms with E-state index in [1.54, 1.807) is 0 Å². The molecule has 0 aliphatic heterocycles. The van der Waals surface area contributed by atoms with Gasteiger partial charge in [-0.25, -0.2) is 4.98 Å². The number of pyridine rings is 1. The molecule has 0 saturated carbocycles. The molecule has 2 rings (SSSR count). The van der Waals surface area contributed by atoms with Gasteiger partial charge in [0.2, 0.25) is 5.91 Å². The second-order valence-corrected chi connectivity index (χ2v) is 5.20. The molecule has 0 radical (unpaired) electrons. The van der Waals surface area contributed by atoms with Crippen molar-refractivity contribution in [2.75, 3.05) is 16.8 Å². The minimum atomic E-state index is 0.0133. The fourth-order valence-corrected chi connectivity index (χ4v) is 2.27. The molecule has 0 aliphatic carbocycles. The Bertz CT molecular complexity index is 581. The maximum atomic E-state index is 11.6. The van der Waals surface area contributed by atoms with E-state index in [0.29, 0.717) is 12.2 Å². The van der Waals surface area contributed by atoms with Gasteiger partial charge in [0.15, 0.2) is 0 Å². The molecule has 1 aromatic heterocycles. The Morgan fingerprint density at radius 3 is 2.50 bits per heavy atom. The molecule has 2 aromatic rings. The lowest BCUT2D eigenvalue weighted by molar-refractivity contribution is -0.116. The molecule has 22 heavy (non-hydrogen) atoms. The van der Waals surface area contributed by atoms with E-state index in [9.17, 15) is 4.79 Å². The summed E-state index contributed by atoms with van der Waals surface area (Å²) in [6.07, 6.45) is 3.18. The molecular weight excluding hydrogens is 274 g/mol. The number of carbonyl (C=O) groups excluding carboxylic acids is 1. The van der Waals surface area contributed by atoms with Crippen LogP contribution in [0.25, 0.3) is 0 Å². The Morgan fingerprint density at radius 2 is 1.91 bits per heavy atom. The Morgan fingerprint density at radius 1 is 1.14 bits per heavy atom. The van der Waals surface area contributed by atoms with Crippen molar-refractivity contribution in [3.8, 4) is 0 Å². The average molecular weight is 297 g/mol. The van der Waals surface area contributed by atoms with Crippen LogP contribution >= 0.6 is 0 Å². The van der Waals surface area contributed by atoms with Crippen molar-refractivity contribution >= 4 is 17.4 Å². The van der Waals surface area contributed by atoms with Crippen molar-refractivity contribution < 1.29 is 4.79 Å². The summed E-state index contributed by atoms with van der Waals surface area (Å²) in [5.41, 5.74) is 2.32. The SMILES string of the molecule is CCCC(=O)Nc1ccc(N(CC)Cc2ccccc2)cn1. The van der Waals surface area contributed by atoms with Crippen LogP contribution in [0.2, 0.25) is 0 Å². The van der Waals surface area contributed by atoms with Crippen LogP contribution in [-0.2, 0) is 11.3 Å². The first-order chi connectivity index (χ1) is 10.7. The van der Waals surface area contributed by atoms with Gasteiger partial charge in [-0.1, -0.05) is 37.3 Å². The van der Waals surface area contributed by atoms with Gasteiger partial charge in [0.25, 0.3) is 0 Å². The molecule has 0 atom stereocenters. The Labute approximate surface area is 132 Å². The van der Waals surface area contributed by atoms with Crippen LogP contribution in [-0.4, -0.2) is 17.4 Å². The van der Waals surface area contributed by atoms with E-state index >= 15 is 0 Å². The predicted molar refractivity (Wildman–Crippen MR) is 90.9 cm³/mol. The Balaban J connectivity index is 2.02. The molecule has 4 heteroatoms. The van der Waals surface area contributed by atoms with Gasteiger partial charge < -0.3 is 10.2 Å². The normalized spacial score (nSPS) is 10.3. The summed E-state index contributed by atoms with van der Waals surface area (Å²) in [4.78, 5) is 18.2. The molecule has 1 amide bonds. The van der Waals surface area contributed by atoms with Gasteiger partial charge in [0.1, 0.15) is 5.82 Å². The van der Waals surface area contributed by atoms with Gasteiger partial charge in [0.05, 0.1) is 11.9 Å². The van der Waals surface area contributed by atoms with Crippen molar-refractivity contribution in [1.82, 2.24) is 4.98 Å². The van der Waals surface area contributed by atoms with Crippen molar-refractivity contribution in [3.63, 3.8) is 0 Å². The number of amides is 1. The minimum absolute atomic E-state index is 0.0133. The minimum Gasteiger partial charge on any atom is -0.366 e. The second-order valence-electron chi connectivity index (χ2n) is 5.20. The molecule has 0 saturated heterocycles. The second kappa shape index (κ2) is 8.17. The molecule has 1 heterocycles. The van der Waals surface area contributed by atoms with Gasteiger partial charge in [-0.15, -0.1) is 0 Å². The number of hydrogen-bond donors (Lipinski definition) is 1. The summed E-state index contributed by atoms with van der Waals surface area (Å²) in [7, 11) is 0. The highest BCUT2D eigenvalue weighted by molar-refractivity contribution is 5.89. The Hall–Kier alpha value is -2.36. The van der Waals surface area contributed by atoms with Gasteiger partial charge >= 0.3 is 0 Å². The molecule has 1 aromatic carbocycles. The van der Waals surface area contributed by atoms with E-state index in [1.165, 1.54) is 5.56 Å². The molecule has 0 spiro atoms. The molecule has 0 fully saturated rings. The van der Waals surface area contributed by atoms with Crippen molar-refractivity contribution in [1.29, 1.82) is 0 Å². The third-order valence-corrected chi connectivity index (χ3v) is 3.46. The van der Waals surface area contributed by atoms with Crippen molar-refractivity contribution in [2.24, 2.45) is 0 Å². The van der Waals surface area contributed by atoms with E-state index in [1.807, 2.05) is 43.5 Å². The summed E-state index contributed by atoms with van der Waals surface area (Å²) in [6.45, 7) is 5.86. The fourth-order valence-electron chi connectivity index (χ4n) is 2.27. The monoisotopic (exact) mass is 297 g/mol. The van der Waals surface area contributed by atoms with E-state index in [-0.39, 0.29) is 5.91 Å². The highest BCUT2D eigenvalue weighted by atomic mass is 16.1. The third-order valence-electron chi connectivity index (χ3n) is 3.46. The van der Waals surface area contributed by atoms with E-state index in [2.05, 4.69) is 34.3 Å². The Kier molecular flexibility index (Phi) is 5.95. The summed E-state index contributed by atoms with van der Waals surface area (Å²) >= 11 is 0. The summed E-state index contributed by atoms with van der Waals surface area (Å²) in [5, 5.41) is 2.81. The number of anilines is 2. The number of carbonyl (C=O) groups is 1. The van der Waals surface area contributed by atoms with Gasteiger partial charge in [-0.3, -0.25) is 4.79 Å². The van der Waals surface area contributed by atoms with Crippen LogP contribution in [0, 0.1) is 0 Å². The van der Waals surface area contributed by atoms with Crippen LogP contribution in [0.5, 0.6) is 0 Å². The van der Waals surface area contributed by atoms with Crippen LogP contribution in [0.4, 0.5) is 11.5 Å². The smallest absolute Gasteiger partial charge is 0.225 e. The first-order valence-corrected chi connectivity index (χ1v) is 7.77. The number of hydrogen-bond acceptors (Lipinski definition) is 3. The van der Waals surface area contributed by atoms with E-state index in [0.717, 1.165) is 25.2 Å².